The van der Waals surface area contributed by atoms with E-state index >= 15 is 0 Å². The van der Waals surface area contributed by atoms with Gasteiger partial charge in [-0.2, -0.15) is 11.8 Å². The third-order valence-corrected chi connectivity index (χ3v) is 5.59. The van der Waals surface area contributed by atoms with Gasteiger partial charge in [0.1, 0.15) is 4.90 Å². The molecule has 0 saturated carbocycles. The maximum absolute atomic E-state index is 12.2. The first-order valence-electron chi connectivity index (χ1n) is 6.02. The summed E-state index contributed by atoms with van der Waals surface area (Å²) < 4.78 is 27.1. The molecule has 7 heteroatoms. The maximum Gasteiger partial charge on any atom is 0.244 e. The molecule has 0 fully saturated rings. The molecular weight excluding hydrogens is 304 g/mol. The van der Waals surface area contributed by atoms with Crippen molar-refractivity contribution in [1.82, 2.24) is 4.72 Å². The molecule has 4 nitrogen and oxygen atoms in total. The molecule has 1 atom stereocenters. The smallest absolute Gasteiger partial charge is 0.244 e. The minimum atomic E-state index is -3.67. The van der Waals surface area contributed by atoms with Gasteiger partial charge < -0.3 is 5.73 Å². The zero-order chi connectivity index (χ0) is 14.5. The predicted octanol–water partition coefficient (Wildman–Crippen LogP) is 2.73. The highest BCUT2D eigenvalue weighted by Crippen LogP contribution is 2.27. The lowest BCUT2D eigenvalue weighted by molar-refractivity contribution is 0.557. The standard InChI is InChI=1S/C12H19ClN2O2S2/c1-3-18-8-7-9(2)15-19(16,17)12-10(13)5-4-6-11(12)14/h4-6,9,15H,3,7-8,14H2,1-2H3. The van der Waals surface area contributed by atoms with Crippen LogP contribution < -0.4 is 10.5 Å². The van der Waals surface area contributed by atoms with Crippen LogP contribution in [0.4, 0.5) is 5.69 Å². The summed E-state index contributed by atoms with van der Waals surface area (Å²) in [7, 11) is -3.67. The molecule has 0 saturated heterocycles. The Morgan fingerprint density at radius 1 is 1.47 bits per heavy atom. The van der Waals surface area contributed by atoms with E-state index in [1.54, 1.807) is 17.8 Å². The predicted molar refractivity (Wildman–Crippen MR) is 83.3 cm³/mol. The lowest BCUT2D eigenvalue weighted by Crippen LogP contribution is -2.33. The molecule has 0 aliphatic rings. The summed E-state index contributed by atoms with van der Waals surface area (Å²) in [5.74, 6) is 1.94. The number of sulfonamides is 1. The number of halogens is 1. The monoisotopic (exact) mass is 322 g/mol. The lowest BCUT2D eigenvalue weighted by Gasteiger charge is -2.15. The van der Waals surface area contributed by atoms with Gasteiger partial charge in [0.05, 0.1) is 10.7 Å². The Balaban J connectivity index is 2.81. The van der Waals surface area contributed by atoms with Crippen LogP contribution in [0, 0.1) is 0 Å². The number of hydrogen-bond donors (Lipinski definition) is 2. The Morgan fingerprint density at radius 2 is 2.16 bits per heavy atom. The van der Waals surface area contributed by atoms with E-state index in [0.717, 1.165) is 17.9 Å². The van der Waals surface area contributed by atoms with Crippen molar-refractivity contribution in [2.24, 2.45) is 0 Å². The van der Waals surface area contributed by atoms with Crippen molar-refractivity contribution in [2.45, 2.75) is 31.2 Å². The fourth-order valence-electron chi connectivity index (χ4n) is 1.60. The van der Waals surface area contributed by atoms with Crippen molar-refractivity contribution in [3.8, 4) is 0 Å². The average molecular weight is 323 g/mol. The van der Waals surface area contributed by atoms with Crippen LogP contribution in [0.15, 0.2) is 23.1 Å². The van der Waals surface area contributed by atoms with Crippen molar-refractivity contribution in [1.29, 1.82) is 0 Å². The van der Waals surface area contributed by atoms with Gasteiger partial charge in [-0.05, 0) is 37.0 Å². The van der Waals surface area contributed by atoms with Crippen molar-refractivity contribution < 1.29 is 8.42 Å². The van der Waals surface area contributed by atoms with Crippen LogP contribution in [0.25, 0.3) is 0 Å². The zero-order valence-electron chi connectivity index (χ0n) is 11.0. The van der Waals surface area contributed by atoms with Gasteiger partial charge in [-0.1, -0.05) is 24.6 Å². The second-order valence-electron chi connectivity index (χ2n) is 4.17. The molecule has 0 heterocycles. The van der Waals surface area contributed by atoms with E-state index < -0.39 is 10.0 Å². The number of rotatable bonds is 7. The molecule has 108 valence electrons. The van der Waals surface area contributed by atoms with Crippen LogP contribution in [0.1, 0.15) is 20.3 Å². The Hall–Kier alpha value is -0.430. The molecule has 1 aromatic rings. The first kappa shape index (κ1) is 16.6. The molecule has 19 heavy (non-hydrogen) atoms. The Morgan fingerprint density at radius 3 is 2.74 bits per heavy atom. The van der Waals surface area contributed by atoms with Crippen molar-refractivity contribution in [2.75, 3.05) is 17.2 Å². The van der Waals surface area contributed by atoms with Crippen molar-refractivity contribution >= 4 is 39.1 Å². The second-order valence-corrected chi connectivity index (χ2v) is 7.62. The molecule has 3 N–H and O–H groups in total. The van der Waals surface area contributed by atoms with E-state index in [-0.39, 0.29) is 21.6 Å². The minimum absolute atomic E-state index is 0.0355. The number of nitrogens with one attached hydrogen (secondary N) is 1. The van der Waals surface area contributed by atoms with Crippen LogP contribution in [0.5, 0.6) is 0 Å². The van der Waals surface area contributed by atoms with E-state index in [0.29, 0.717) is 0 Å². The van der Waals surface area contributed by atoms with Crippen LogP contribution in [-0.2, 0) is 10.0 Å². The first-order valence-corrected chi connectivity index (χ1v) is 9.04. The van der Waals surface area contributed by atoms with Crippen molar-refractivity contribution in [3.05, 3.63) is 23.2 Å². The van der Waals surface area contributed by atoms with Gasteiger partial charge in [-0.3, -0.25) is 0 Å². The normalized spacial score (nSPS) is 13.4. The minimum Gasteiger partial charge on any atom is -0.398 e. The summed E-state index contributed by atoms with van der Waals surface area (Å²) in [4.78, 5) is -0.0355. The molecule has 1 aromatic carbocycles. The number of anilines is 1. The fourth-order valence-corrected chi connectivity index (χ4v) is 4.36. The summed E-state index contributed by atoms with van der Waals surface area (Å²) in [6.07, 6.45) is 0.766. The van der Waals surface area contributed by atoms with Gasteiger partial charge in [-0.25, -0.2) is 13.1 Å². The summed E-state index contributed by atoms with van der Waals surface area (Å²) >= 11 is 7.70. The molecule has 1 unspecified atom stereocenters. The average Bonchev–Trinajstić information content (AvgIpc) is 2.27. The molecule has 0 aromatic heterocycles. The van der Waals surface area contributed by atoms with E-state index in [1.807, 2.05) is 6.92 Å². The fraction of sp³-hybridized carbons (Fsp3) is 0.500. The van der Waals surface area contributed by atoms with Gasteiger partial charge in [-0.15, -0.1) is 0 Å². The van der Waals surface area contributed by atoms with Crippen LogP contribution in [0.3, 0.4) is 0 Å². The molecule has 0 aliphatic heterocycles. The Bertz CT molecular complexity index is 500. The number of nitrogen functional groups attached to an aromatic ring is 1. The first-order chi connectivity index (χ1) is 8.88. The second kappa shape index (κ2) is 7.38. The van der Waals surface area contributed by atoms with Gasteiger partial charge in [0.15, 0.2) is 0 Å². The van der Waals surface area contributed by atoms with Crippen molar-refractivity contribution in [3.63, 3.8) is 0 Å². The highest BCUT2D eigenvalue weighted by Gasteiger charge is 2.22. The number of thioether (sulfide) groups is 1. The van der Waals surface area contributed by atoms with Gasteiger partial charge in [0, 0.05) is 6.04 Å². The summed E-state index contributed by atoms with van der Waals surface area (Å²) in [6.45, 7) is 3.91. The van der Waals surface area contributed by atoms with E-state index in [4.69, 9.17) is 17.3 Å². The zero-order valence-corrected chi connectivity index (χ0v) is 13.4. The quantitative estimate of drug-likeness (QED) is 0.598. The van der Waals surface area contributed by atoms with Gasteiger partial charge in [0.25, 0.3) is 0 Å². The molecule has 1 rings (SSSR count). The maximum atomic E-state index is 12.2. The highest BCUT2D eigenvalue weighted by molar-refractivity contribution is 7.99. The number of hydrogen-bond acceptors (Lipinski definition) is 4. The van der Waals surface area contributed by atoms with Crippen LogP contribution in [0.2, 0.25) is 5.02 Å². The molecule has 0 amide bonds. The third kappa shape index (κ3) is 4.87. The van der Waals surface area contributed by atoms with Crippen LogP contribution in [-0.4, -0.2) is 26.0 Å². The van der Waals surface area contributed by atoms with Crippen LogP contribution >= 0.6 is 23.4 Å². The highest BCUT2D eigenvalue weighted by atomic mass is 35.5. The molecule has 0 bridgehead atoms. The summed E-state index contributed by atoms with van der Waals surface area (Å²) in [6, 6.07) is 4.51. The Labute approximate surface area is 124 Å². The topological polar surface area (TPSA) is 72.2 Å². The lowest BCUT2D eigenvalue weighted by atomic mass is 10.3. The largest absolute Gasteiger partial charge is 0.398 e. The van der Waals surface area contributed by atoms with Gasteiger partial charge >= 0.3 is 0 Å². The SMILES string of the molecule is CCSCCC(C)NS(=O)(=O)c1c(N)cccc1Cl. The van der Waals surface area contributed by atoms with E-state index in [9.17, 15) is 8.42 Å². The molecular formula is C12H19ClN2O2S2. The molecule has 0 aliphatic carbocycles. The van der Waals surface area contributed by atoms with E-state index in [2.05, 4.69) is 11.6 Å². The summed E-state index contributed by atoms with van der Waals surface area (Å²) in [5, 5.41) is 0.141. The summed E-state index contributed by atoms with van der Waals surface area (Å²) in [5.41, 5.74) is 5.86. The molecule has 0 radical (unpaired) electrons. The number of nitrogens with two attached hydrogens (primary N) is 1. The number of benzene rings is 1. The van der Waals surface area contributed by atoms with Gasteiger partial charge in [0.2, 0.25) is 10.0 Å². The third-order valence-electron chi connectivity index (χ3n) is 2.52. The molecule has 0 spiro atoms. The van der Waals surface area contributed by atoms with E-state index in [1.165, 1.54) is 12.1 Å². The Kier molecular flexibility index (Phi) is 6.46.